The lowest BCUT2D eigenvalue weighted by atomic mass is 9.91. The van der Waals surface area contributed by atoms with Crippen molar-refractivity contribution in [2.24, 2.45) is 0 Å². The third kappa shape index (κ3) is 4.55. The van der Waals surface area contributed by atoms with Crippen molar-refractivity contribution in [3.8, 4) is 43.3 Å². The predicted octanol–water partition coefficient (Wildman–Crippen LogP) is 13.0. The third-order valence-corrected chi connectivity index (χ3v) is 8.81. The molecule has 3 aromatic heterocycles. The van der Waals surface area contributed by atoms with Gasteiger partial charge in [0, 0.05) is 43.4 Å². The molecule has 7 aromatic carbocycles. The fraction of sp³-hybridized carbons (Fsp3) is 0. The van der Waals surface area contributed by atoms with Gasteiger partial charge in [-0.3, -0.25) is 4.98 Å². The number of rotatable bonds is 4. The number of thiophene rings is 1. The van der Waals surface area contributed by atoms with E-state index in [-0.39, 0.29) is 0 Å². The highest BCUT2D eigenvalue weighted by atomic mass is 32.1. The quantitative estimate of drug-likeness (QED) is 0.174. The number of pyridine rings is 2. The van der Waals surface area contributed by atoms with E-state index in [1.165, 1.54) is 0 Å². The number of hydrogen-bond donors (Lipinski definition) is 0. The zero-order valence-corrected chi connectivity index (χ0v) is 25.1. The summed E-state index contributed by atoms with van der Waals surface area (Å²) in [5.74, 6) is 0. The average molecular weight is 669 g/mol. The highest BCUT2D eigenvalue weighted by Crippen LogP contribution is 2.48. The van der Waals surface area contributed by atoms with E-state index in [1.807, 2.05) is 0 Å². The Kier molecular flexibility index (Phi) is 2.70. The summed E-state index contributed by atoms with van der Waals surface area (Å²) >= 11 is 0.368. The van der Waals surface area contributed by atoms with Crippen LogP contribution in [0, 0.1) is 0 Å². The molecule has 0 amide bonds. The standard InChI is InChI=1S/C46H28N2S/c1-3-15-33-29(10-1)12-7-19-39(33)43-28-41(46(49-43)40-20-8-13-30-11-2-4-16-34(30)40)37-24-25-38(36-18-6-5-17-35(36)37)42-26-23-32-22-21-31-14-9-27-47-44(31)45(32)48-42/h1-28H/i1D,2D,3D,4D,5D,6D,7D,8D,9D,10D,11D,12D,13D,14D,15D,16D,17D,18D,19D,20D,21D,22D,23D,24D,25D,26D,27D,28D. The van der Waals surface area contributed by atoms with Gasteiger partial charge < -0.3 is 0 Å². The van der Waals surface area contributed by atoms with Crippen LogP contribution in [0.25, 0.3) is 97.4 Å². The van der Waals surface area contributed by atoms with Gasteiger partial charge in [0.1, 0.15) is 0 Å². The van der Waals surface area contributed by atoms with E-state index in [9.17, 15) is 11.0 Å². The van der Waals surface area contributed by atoms with Crippen LogP contribution in [-0.2, 0) is 0 Å². The minimum atomic E-state index is -1.06. The number of aromatic nitrogens is 2. The fourth-order valence-corrected chi connectivity index (χ4v) is 6.64. The van der Waals surface area contributed by atoms with E-state index in [1.54, 1.807) is 0 Å². The van der Waals surface area contributed by atoms with Gasteiger partial charge in [0.2, 0.25) is 0 Å². The maximum atomic E-state index is 10.1. The van der Waals surface area contributed by atoms with E-state index in [0.29, 0.717) is 11.3 Å². The third-order valence-electron chi connectivity index (χ3n) is 7.69. The van der Waals surface area contributed by atoms with E-state index in [0.717, 1.165) is 0 Å². The zero-order chi connectivity index (χ0) is 56.7. The first-order valence-corrected chi connectivity index (χ1v) is 15.1. The summed E-state index contributed by atoms with van der Waals surface area (Å²) in [6, 6.07) is -23.7. The lowest BCUT2D eigenvalue weighted by Gasteiger charge is -2.14. The zero-order valence-electron chi connectivity index (χ0n) is 52.3. The highest BCUT2D eigenvalue weighted by molar-refractivity contribution is 7.19. The first-order valence-electron chi connectivity index (χ1n) is 28.3. The maximum absolute atomic E-state index is 10.1. The molecule has 0 N–H and O–H groups in total. The smallest absolute Gasteiger partial charge is 0.0972 e. The van der Waals surface area contributed by atoms with Gasteiger partial charge in [-0.2, -0.15) is 0 Å². The van der Waals surface area contributed by atoms with Crippen LogP contribution >= 0.6 is 11.3 Å². The molecule has 0 aliphatic carbocycles. The van der Waals surface area contributed by atoms with Crippen molar-refractivity contribution in [3.05, 3.63) is 169 Å². The lowest BCUT2D eigenvalue weighted by molar-refractivity contribution is 1.37. The second kappa shape index (κ2) is 11.2. The molecule has 0 bridgehead atoms. The van der Waals surface area contributed by atoms with E-state index < -0.39 is 267 Å². The van der Waals surface area contributed by atoms with Crippen LogP contribution in [0.5, 0.6) is 0 Å². The molecule has 228 valence electrons. The second-order valence-corrected chi connectivity index (χ2v) is 11.4. The Morgan fingerprint density at radius 3 is 1.76 bits per heavy atom. The van der Waals surface area contributed by atoms with Gasteiger partial charge in [-0.05, 0) is 61.6 Å². The van der Waals surface area contributed by atoms with E-state index in [4.69, 9.17) is 27.4 Å². The van der Waals surface area contributed by atoms with Crippen LogP contribution in [0.3, 0.4) is 0 Å². The molecule has 0 radical (unpaired) electrons. The first kappa shape index (κ1) is 11.8. The van der Waals surface area contributed by atoms with Gasteiger partial charge in [0.25, 0.3) is 0 Å². The molecule has 0 unspecified atom stereocenters. The Labute approximate surface area is 326 Å². The van der Waals surface area contributed by atoms with Crippen LogP contribution in [0.2, 0.25) is 0 Å². The number of nitrogens with zero attached hydrogens (tertiary/aromatic N) is 2. The summed E-state index contributed by atoms with van der Waals surface area (Å²) < 4.78 is 251. The maximum Gasteiger partial charge on any atom is 0.0972 e. The Balaban J connectivity index is 1.48. The molecule has 0 aliphatic rings. The van der Waals surface area contributed by atoms with Crippen LogP contribution in [0.15, 0.2) is 169 Å². The van der Waals surface area contributed by atoms with Gasteiger partial charge in [-0.1, -0.05) is 145 Å². The SMILES string of the molecule is [2H]c1nc2c(c([2H])c1[2H])c([2H])c([2H])c1c([2H])c([2H])c(-c3c([2H])c([2H])c(-c4c(-c5c([2H])c([2H])c([2H])c6c([2H])c([2H])c([2H])c([2H])c56)sc(-c5c([2H])c([2H])c([2H])c6c([2H])c([2H])c([2H])c([2H])c56)c4[2H])c4c([2H])c([2H])c([2H])c([2H])c34)nc12. The average Bonchev–Trinajstić information content (AvgIpc) is 4.01. The predicted molar refractivity (Wildman–Crippen MR) is 209 cm³/mol. The molecule has 49 heavy (non-hydrogen) atoms. The summed E-state index contributed by atoms with van der Waals surface area (Å²) in [7, 11) is 0. The van der Waals surface area contributed by atoms with E-state index >= 15 is 0 Å². The number of hydrogen-bond acceptors (Lipinski definition) is 3. The van der Waals surface area contributed by atoms with Crippen LogP contribution < -0.4 is 0 Å². The molecule has 0 saturated heterocycles. The Hall–Kier alpha value is -6.16. The lowest BCUT2D eigenvalue weighted by Crippen LogP contribution is -1.91. The largest absolute Gasteiger partial charge is 0.254 e. The molecular formula is C46H28N2S. The Morgan fingerprint density at radius 2 is 0.980 bits per heavy atom. The Morgan fingerprint density at radius 1 is 0.408 bits per heavy atom. The van der Waals surface area contributed by atoms with Crippen LogP contribution in [0.1, 0.15) is 38.4 Å². The minimum absolute atomic E-state index is 0.368. The summed E-state index contributed by atoms with van der Waals surface area (Å²) in [6.45, 7) is 0. The Bertz CT molecular complexity index is 4480. The van der Waals surface area contributed by atoms with Crippen LogP contribution in [-0.4, -0.2) is 9.97 Å². The van der Waals surface area contributed by atoms with Gasteiger partial charge in [-0.25, -0.2) is 4.98 Å². The van der Waals surface area contributed by atoms with Crippen molar-refractivity contribution in [2.75, 3.05) is 0 Å². The van der Waals surface area contributed by atoms with Gasteiger partial charge in [0.05, 0.1) is 55.1 Å². The highest BCUT2D eigenvalue weighted by Gasteiger charge is 2.20. The molecule has 10 aromatic rings. The number of benzene rings is 7. The van der Waals surface area contributed by atoms with Crippen molar-refractivity contribution in [3.63, 3.8) is 0 Å². The molecule has 0 atom stereocenters. The van der Waals surface area contributed by atoms with E-state index in [2.05, 4.69) is 9.97 Å². The van der Waals surface area contributed by atoms with Crippen molar-refractivity contribution in [2.45, 2.75) is 0 Å². The summed E-state index contributed by atoms with van der Waals surface area (Å²) in [5.41, 5.74) is -5.17. The topological polar surface area (TPSA) is 25.8 Å². The molecule has 0 saturated carbocycles. The molecule has 3 heteroatoms. The molecule has 0 spiro atoms. The van der Waals surface area contributed by atoms with Crippen molar-refractivity contribution >= 4 is 65.5 Å². The summed E-state index contributed by atoms with van der Waals surface area (Å²) in [6.07, 6.45) is -0.781. The van der Waals surface area contributed by atoms with Crippen molar-refractivity contribution in [1.82, 2.24) is 9.97 Å². The summed E-state index contributed by atoms with van der Waals surface area (Å²) in [5, 5.41) is -4.75. The monoisotopic (exact) mass is 668 g/mol. The fourth-order valence-electron chi connectivity index (χ4n) is 5.52. The van der Waals surface area contributed by atoms with Gasteiger partial charge in [0.15, 0.2) is 0 Å². The summed E-state index contributed by atoms with van der Waals surface area (Å²) in [4.78, 5) is 7.44. The molecule has 10 rings (SSSR count). The second-order valence-electron chi connectivity index (χ2n) is 10.4. The molecular weight excluding hydrogens is 613 g/mol. The van der Waals surface area contributed by atoms with Crippen molar-refractivity contribution in [1.29, 1.82) is 0 Å². The van der Waals surface area contributed by atoms with Gasteiger partial charge >= 0.3 is 0 Å². The minimum Gasteiger partial charge on any atom is -0.254 e. The molecule has 2 nitrogen and oxygen atoms in total. The first-order chi connectivity index (χ1) is 35.9. The molecule has 0 aliphatic heterocycles. The molecule has 0 fully saturated rings. The normalized spacial score (nSPS) is 19.7. The van der Waals surface area contributed by atoms with Gasteiger partial charge in [-0.15, -0.1) is 11.3 Å². The van der Waals surface area contributed by atoms with Crippen LogP contribution in [0.4, 0.5) is 0 Å². The van der Waals surface area contributed by atoms with Crippen molar-refractivity contribution < 1.29 is 38.4 Å². The molecule has 3 heterocycles. The number of fused-ring (bicyclic) bond motifs is 6.